The Morgan fingerprint density at radius 2 is 2.03 bits per heavy atom. The van der Waals surface area contributed by atoms with Gasteiger partial charge in [0.15, 0.2) is 11.6 Å². The molecule has 1 saturated heterocycles. The zero-order valence-electron chi connectivity index (χ0n) is 17.4. The van der Waals surface area contributed by atoms with E-state index in [9.17, 15) is 18.8 Å². The second kappa shape index (κ2) is 9.30. The molecule has 2 radical (unpaired) electrons. The maximum atomic E-state index is 14.5. The number of carbonyl (C=O) groups is 3. The Bertz CT molecular complexity index is 1020. The first-order valence-corrected chi connectivity index (χ1v) is 9.77. The molecule has 2 aromatic rings. The van der Waals surface area contributed by atoms with Gasteiger partial charge in [-0.05, 0) is 31.2 Å². The lowest BCUT2D eigenvalue weighted by Crippen LogP contribution is -2.62. The second-order valence-electron chi connectivity index (χ2n) is 7.44. The van der Waals surface area contributed by atoms with Crippen molar-refractivity contribution >= 4 is 31.6 Å². The molecule has 1 heterocycles. The standard InChI is InChI=1S/C22H23BFN3O4/c1-27(22(23)10-9-19(29)26-21(22)30)12-16-15(13-28)6-3-7-17(16)25-11-14-5-4-8-18(31-2)20(14)24/h3-8,13,25H,9-12H2,1-2H3,(H,26,29,30). The number of ether oxygens (including phenoxy) is 1. The molecule has 0 aromatic heterocycles. The third-order valence-electron chi connectivity index (χ3n) is 5.53. The molecule has 0 saturated carbocycles. The molecule has 0 aliphatic carbocycles. The van der Waals surface area contributed by atoms with Crippen LogP contribution in [0.4, 0.5) is 10.1 Å². The number of imide groups is 1. The van der Waals surface area contributed by atoms with E-state index in [1.165, 1.54) is 13.2 Å². The van der Waals surface area contributed by atoms with Crippen molar-refractivity contribution < 1.29 is 23.5 Å². The summed E-state index contributed by atoms with van der Waals surface area (Å²) < 4.78 is 19.5. The number of anilines is 1. The highest BCUT2D eigenvalue weighted by Crippen LogP contribution is 2.28. The van der Waals surface area contributed by atoms with Crippen LogP contribution in [0.15, 0.2) is 36.4 Å². The molecule has 2 N–H and O–H groups in total. The lowest BCUT2D eigenvalue weighted by Gasteiger charge is -2.40. The number of hydrogen-bond donors (Lipinski definition) is 2. The molecule has 160 valence electrons. The van der Waals surface area contributed by atoms with Gasteiger partial charge in [0.25, 0.3) is 0 Å². The van der Waals surface area contributed by atoms with Crippen molar-refractivity contribution in [3.05, 3.63) is 58.9 Å². The van der Waals surface area contributed by atoms with Gasteiger partial charge < -0.3 is 10.1 Å². The van der Waals surface area contributed by atoms with Crippen LogP contribution in [0.1, 0.15) is 34.3 Å². The topological polar surface area (TPSA) is 87.7 Å². The fourth-order valence-electron chi connectivity index (χ4n) is 3.56. The first-order chi connectivity index (χ1) is 14.8. The Kier molecular flexibility index (Phi) is 6.75. The number of rotatable bonds is 8. The van der Waals surface area contributed by atoms with E-state index in [1.807, 2.05) is 0 Å². The summed E-state index contributed by atoms with van der Waals surface area (Å²) in [6, 6.07) is 9.99. The van der Waals surface area contributed by atoms with Crippen LogP contribution < -0.4 is 15.4 Å². The first-order valence-electron chi connectivity index (χ1n) is 9.77. The van der Waals surface area contributed by atoms with Crippen molar-refractivity contribution in [3.8, 4) is 5.75 Å². The van der Waals surface area contributed by atoms with Crippen molar-refractivity contribution in [1.29, 1.82) is 0 Å². The minimum Gasteiger partial charge on any atom is -0.494 e. The third-order valence-corrected chi connectivity index (χ3v) is 5.53. The Hall–Kier alpha value is -3.20. The van der Waals surface area contributed by atoms with E-state index in [0.717, 1.165) is 0 Å². The zero-order chi connectivity index (χ0) is 22.6. The van der Waals surface area contributed by atoms with E-state index in [-0.39, 0.29) is 37.6 Å². The molecule has 2 aromatic carbocycles. The van der Waals surface area contributed by atoms with Gasteiger partial charge in [-0.2, -0.15) is 0 Å². The van der Waals surface area contributed by atoms with Gasteiger partial charge in [0, 0.05) is 36.3 Å². The van der Waals surface area contributed by atoms with E-state index >= 15 is 0 Å². The molecule has 1 aliphatic rings. The molecule has 0 spiro atoms. The van der Waals surface area contributed by atoms with E-state index in [2.05, 4.69) is 10.6 Å². The molecule has 9 heteroatoms. The van der Waals surface area contributed by atoms with Crippen LogP contribution >= 0.6 is 0 Å². The largest absolute Gasteiger partial charge is 0.494 e. The summed E-state index contributed by atoms with van der Waals surface area (Å²) in [7, 11) is 9.36. The van der Waals surface area contributed by atoms with Crippen LogP contribution in [0.3, 0.4) is 0 Å². The quantitative estimate of drug-likeness (QED) is 0.384. The van der Waals surface area contributed by atoms with Crippen LogP contribution in [-0.4, -0.2) is 50.4 Å². The molecule has 3 rings (SSSR count). The summed E-state index contributed by atoms with van der Waals surface area (Å²) in [6.07, 6.45) is 1.01. The Morgan fingerprint density at radius 3 is 2.71 bits per heavy atom. The lowest BCUT2D eigenvalue weighted by atomic mass is 9.70. The molecule has 1 aliphatic heterocycles. The number of hydrogen-bond acceptors (Lipinski definition) is 6. The predicted octanol–water partition coefficient (Wildman–Crippen LogP) is 1.99. The number of methoxy groups -OCH3 is 1. The zero-order valence-corrected chi connectivity index (χ0v) is 17.4. The van der Waals surface area contributed by atoms with Gasteiger partial charge >= 0.3 is 0 Å². The van der Waals surface area contributed by atoms with Crippen molar-refractivity contribution in [1.82, 2.24) is 10.2 Å². The number of piperidine rings is 1. The molecule has 0 bridgehead atoms. The van der Waals surface area contributed by atoms with Crippen molar-refractivity contribution in [2.24, 2.45) is 0 Å². The minimum atomic E-state index is -1.39. The molecular weight excluding hydrogens is 400 g/mol. The van der Waals surface area contributed by atoms with Gasteiger partial charge in [-0.3, -0.25) is 24.6 Å². The summed E-state index contributed by atoms with van der Waals surface area (Å²) >= 11 is 0. The molecule has 1 atom stereocenters. The van der Waals surface area contributed by atoms with Crippen LogP contribution in [-0.2, 0) is 22.7 Å². The molecule has 1 unspecified atom stereocenters. The van der Waals surface area contributed by atoms with Gasteiger partial charge in [0.1, 0.15) is 14.1 Å². The summed E-state index contributed by atoms with van der Waals surface area (Å²) in [5.74, 6) is -1.27. The van der Waals surface area contributed by atoms with E-state index < -0.39 is 17.2 Å². The van der Waals surface area contributed by atoms with Gasteiger partial charge in [-0.15, -0.1) is 0 Å². The average Bonchev–Trinajstić information content (AvgIpc) is 2.76. The number of nitrogens with zero attached hydrogens (tertiary/aromatic N) is 1. The van der Waals surface area contributed by atoms with Crippen molar-refractivity contribution in [2.45, 2.75) is 31.4 Å². The van der Waals surface area contributed by atoms with Gasteiger partial charge in [-0.1, -0.05) is 24.3 Å². The average molecular weight is 423 g/mol. The molecular formula is C22H23BFN3O4. The summed E-state index contributed by atoms with van der Waals surface area (Å²) in [4.78, 5) is 37.1. The van der Waals surface area contributed by atoms with E-state index in [4.69, 9.17) is 12.6 Å². The van der Waals surface area contributed by atoms with E-state index in [1.54, 1.807) is 42.3 Å². The summed E-state index contributed by atoms with van der Waals surface area (Å²) in [5.41, 5.74) is 0.641. The summed E-state index contributed by atoms with van der Waals surface area (Å²) in [5, 5.41) is 5.42. The maximum absolute atomic E-state index is 14.5. The van der Waals surface area contributed by atoms with Crippen LogP contribution in [0.2, 0.25) is 0 Å². The Labute approximate surface area is 181 Å². The maximum Gasteiger partial charge on any atom is 0.237 e. The lowest BCUT2D eigenvalue weighted by molar-refractivity contribution is -0.139. The van der Waals surface area contributed by atoms with Crippen molar-refractivity contribution in [3.63, 3.8) is 0 Å². The highest BCUT2D eigenvalue weighted by molar-refractivity contribution is 6.30. The first kappa shape index (κ1) is 22.5. The van der Waals surface area contributed by atoms with Gasteiger partial charge in [0.2, 0.25) is 11.8 Å². The number of benzene rings is 2. The van der Waals surface area contributed by atoms with Crippen LogP contribution in [0.25, 0.3) is 0 Å². The number of aldehydes is 1. The number of carbonyl (C=O) groups excluding carboxylic acids is 3. The summed E-state index contributed by atoms with van der Waals surface area (Å²) in [6.45, 7) is 0.320. The third kappa shape index (κ3) is 4.61. The number of amides is 2. The molecule has 7 nitrogen and oxygen atoms in total. The van der Waals surface area contributed by atoms with Gasteiger partial charge in [-0.25, -0.2) is 4.39 Å². The van der Waals surface area contributed by atoms with E-state index in [0.29, 0.717) is 28.7 Å². The number of nitrogens with one attached hydrogen (secondary N) is 2. The molecule has 1 fully saturated rings. The fourth-order valence-corrected chi connectivity index (χ4v) is 3.56. The highest BCUT2D eigenvalue weighted by atomic mass is 19.1. The number of halogens is 1. The predicted molar refractivity (Wildman–Crippen MR) is 114 cm³/mol. The second-order valence-corrected chi connectivity index (χ2v) is 7.44. The highest BCUT2D eigenvalue weighted by Gasteiger charge is 2.41. The van der Waals surface area contributed by atoms with Gasteiger partial charge in [0.05, 0.1) is 12.5 Å². The SMILES string of the molecule is [B]C1(N(C)Cc2c(C=O)cccc2NCc2cccc(OC)c2F)CCC(=O)NC1=O. The van der Waals surface area contributed by atoms with Crippen LogP contribution in [0, 0.1) is 5.82 Å². The fraction of sp³-hybridized carbons (Fsp3) is 0.318. The smallest absolute Gasteiger partial charge is 0.237 e. The Morgan fingerprint density at radius 1 is 1.29 bits per heavy atom. The van der Waals surface area contributed by atoms with Crippen LogP contribution in [0.5, 0.6) is 5.75 Å². The van der Waals surface area contributed by atoms with Crippen molar-refractivity contribution in [2.75, 3.05) is 19.5 Å². The number of likely N-dealkylation sites (N-methyl/N-ethyl adjacent to an activating group) is 1. The minimum absolute atomic E-state index is 0.127. The monoisotopic (exact) mass is 423 g/mol. The molecule has 31 heavy (non-hydrogen) atoms. The Balaban J connectivity index is 1.85. The molecule has 2 amide bonds. The normalized spacial score (nSPS) is 18.6.